The molecule has 0 saturated heterocycles. The molecule has 0 aliphatic rings. The highest BCUT2D eigenvalue weighted by Crippen LogP contribution is 2.19. The Bertz CT molecular complexity index is 789. The lowest BCUT2D eigenvalue weighted by atomic mass is 10.1. The average molecular weight is 399 g/mol. The van der Waals surface area contributed by atoms with Gasteiger partial charge in [0, 0.05) is 19.3 Å². The van der Waals surface area contributed by atoms with E-state index in [1.165, 1.54) is 16.7 Å². The number of nitrogens with zero attached hydrogens (tertiary/aromatic N) is 1. The Morgan fingerprint density at radius 1 is 1.07 bits per heavy atom. The fourth-order valence-corrected chi connectivity index (χ4v) is 4.07. The third kappa shape index (κ3) is 6.13. The molecule has 0 radical (unpaired) electrons. The second-order valence-electron chi connectivity index (χ2n) is 6.96. The highest BCUT2D eigenvalue weighted by atomic mass is 32.2. The van der Waals surface area contributed by atoms with Crippen LogP contribution in [0.3, 0.4) is 0 Å². The van der Waals surface area contributed by atoms with Crippen LogP contribution >= 0.6 is 11.8 Å². The van der Waals surface area contributed by atoms with E-state index in [1.54, 1.807) is 23.7 Å². The van der Waals surface area contributed by atoms with Crippen molar-refractivity contribution in [2.24, 2.45) is 0 Å². The molecule has 1 N–H and O–H groups in total. The van der Waals surface area contributed by atoms with Crippen LogP contribution in [0.2, 0.25) is 0 Å². The normalized spacial score (nSPS) is 11.7. The summed E-state index contributed by atoms with van der Waals surface area (Å²) in [4.78, 5) is 27.1. The summed E-state index contributed by atoms with van der Waals surface area (Å²) in [6.07, 6.45) is 0.583. The van der Waals surface area contributed by atoms with Gasteiger partial charge in [-0.15, -0.1) is 11.8 Å². The minimum Gasteiger partial charge on any atom is -0.357 e. The van der Waals surface area contributed by atoms with Crippen LogP contribution < -0.4 is 5.32 Å². The molecule has 150 valence electrons. The molecule has 1 atom stereocenters. The summed E-state index contributed by atoms with van der Waals surface area (Å²) in [7, 11) is 1.62. The van der Waals surface area contributed by atoms with Crippen molar-refractivity contribution in [3.05, 3.63) is 70.8 Å². The van der Waals surface area contributed by atoms with E-state index >= 15 is 0 Å². The number of benzene rings is 2. The zero-order valence-electron chi connectivity index (χ0n) is 17.2. The lowest BCUT2D eigenvalue weighted by molar-refractivity contribution is -0.139. The fourth-order valence-electron chi connectivity index (χ4n) is 3.08. The van der Waals surface area contributed by atoms with Crippen molar-refractivity contribution < 1.29 is 9.59 Å². The minimum atomic E-state index is -0.460. The Hall–Kier alpha value is -2.27. The molecule has 2 aromatic rings. The van der Waals surface area contributed by atoms with Gasteiger partial charge in [-0.25, -0.2) is 0 Å². The minimum absolute atomic E-state index is 0.00499. The monoisotopic (exact) mass is 398 g/mol. The molecule has 5 heteroatoms. The predicted octanol–water partition coefficient (Wildman–Crippen LogP) is 4.09. The van der Waals surface area contributed by atoms with Crippen molar-refractivity contribution in [2.75, 3.05) is 12.8 Å². The molecule has 2 rings (SSSR count). The molecular formula is C23H30N2O2S. The van der Waals surface area contributed by atoms with Crippen LogP contribution in [0.4, 0.5) is 0 Å². The van der Waals surface area contributed by atoms with Crippen LogP contribution in [0, 0.1) is 13.8 Å². The number of hydrogen-bond donors (Lipinski definition) is 1. The molecule has 0 fully saturated rings. The van der Waals surface area contributed by atoms with E-state index < -0.39 is 6.04 Å². The molecule has 0 aliphatic heterocycles. The maximum absolute atomic E-state index is 13.0. The lowest BCUT2D eigenvalue weighted by Crippen LogP contribution is -2.48. The Kier molecular flexibility index (Phi) is 8.58. The van der Waals surface area contributed by atoms with Crippen LogP contribution in [0.25, 0.3) is 0 Å². The van der Waals surface area contributed by atoms with Crippen LogP contribution in [-0.4, -0.2) is 35.6 Å². The topological polar surface area (TPSA) is 49.4 Å². The highest BCUT2D eigenvalue weighted by Gasteiger charge is 2.27. The van der Waals surface area contributed by atoms with Crippen molar-refractivity contribution in [3.63, 3.8) is 0 Å². The van der Waals surface area contributed by atoms with E-state index in [9.17, 15) is 9.59 Å². The molecule has 2 amide bonds. The van der Waals surface area contributed by atoms with Gasteiger partial charge in [-0.2, -0.15) is 0 Å². The van der Waals surface area contributed by atoms with Crippen LogP contribution in [-0.2, 0) is 21.9 Å². The number of thioether (sulfide) groups is 1. The largest absolute Gasteiger partial charge is 0.357 e. The van der Waals surface area contributed by atoms with Gasteiger partial charge >= 0.3 is 0 Å². The van der Waals surface area contributed by atoms with Gasteiger partial charge in [0.1, 0.15) is 6.04 Å². The quantitative estimate of drug-likeness (QED) is 0.692. The second-order valence-corrected chi connectivity index (χ2v) is 7.95. The third-order valence-electron chi connectivity index (χ3n) is 4.85. The van der Waals surface area contributed by atoms with Crippen molar-refractivity contribution in [3.8, 4) is 0 Å². The molecule has 0 spiro atoms. The van der Waals surface area contributed by atoms with Crippen molar-refractivity contribution in [1.29, 1.82) is 0 Å². The summed E-state index contributed by atoms with van der Waals surface area (Å²) in [5, 5.41) is 2.70. The van der Waals surface area contributed by atoms with Crippen molar-refractivity contribution >= 4 is 23.6 Å². The number of hydrogen-bond acceptors (Lipinski definition) is 3. The SMILES string of the molecule is CC[C@H](C(=O)NC)N(Cc1ccc(C)cc1)C(=O)CSCc1ccccc1C. The molecule has 0 heterocycles. The Morgan fingerprint density at radius 3 is 2.36 bits per heavy atom. The van der Waals surface area contributed by atoms with Gasteiger partial charge in [-0.3, -0.25) is 9.59 Å². The van der Waals surface area contributed by atoms with E-state index in [0.29, 0.717) is 18.7 Å². The first kappa shape index (κ1) is 22.0. The summed E-state index contributed by atoms with van der Waals surface area (Å²) in [5.74, 6) is 1.02. The highest BCUT2D eigenvalue weighted by molar-refractivity contribution is 7.99. The first-order valence-electron chi connectivity index (χ1n) is 9.65. The van der Waals surface area contributed by atoms with Crippen molar-refractivity contribution in [1.82, 2.24) is 10.2 Å². The van der Waals surface area contributed by atoms with Gasteiger partial charge in [0.05, 0.1) is 5.75 Å². The zero-order chi connectivity index (χ0) is 20.5. The number of carbonyl (C=O) groups is 2. The first-order chi connectivity index (χ1) is 13.5. The summed E-state index contributed by atoms with van der Waals surface area (Å²) in [6, 6.07) is 15.9. The molecule has 4 nitrogen and oxygen atoms in total. The number of nitrogens with one attached hydrogen (secondary N) is 1. The number of rotatable bonds is 9. The molecular weight excluding hydrogens is 368 g/mol. The van der Waals surface area contributed by atoms with Gasteiger partial charge < -0.3 is 10.2 Å². The molecule has 28 heavy (non-hydrogen) atoms. The smallest absolute Gasteiger partial charge is 0.242 e. The molecule has 0 saturated carbocycles. The second kappa shape index (κ2) is 10.9. The van der Waals surface area contributed by atoms with Gasteiger partial charge in [0.2, 0.25) is 11.8 Å². The summed E-state index contributed by atoms with van der Waals surface area (Å²) < 4.78 is 0. The van der Waals surface area contributed by atoms with Gasteiger partial charge in [-0.05, 0) is 37.0 Å². The number of aryl methyl sites for hydroxylation is 2. The maximum Gasteiger partial charge on any atom is 0.242 e. The van der Waals surface area contributed by atoms with Gasteiger partial charge in [0.25, 0.3) is 0 Å². The standard InChI is InChI=1S/C23H30N2O2S/c1-5-21(23(27)24-4)25(14-19-12-10-17(2)11-13-19)22(26)16-28-15-20-9-7-6-8-18(20)3/h6-13,21H,5,14-16H2,1-4H3,(H,24,27)/t21-/m1/s1. The van der Waals surface area contributed by atoms with Gasteiger partial charge in [-0.1, -0.05) is 61.0 Å². The zero-order valence-corrected chi connectivity index (χ0v) is 18.0. The van der Waals surface area contributed by atoms with E-state index in [-0.39, 0.29) is 11.8 Å². The number of carbonyl (C=O) groups excluding carboxylic acids is 2. The molecule has 0 aliphatic carbocycles. The summed E-state index contributed by atoms with van der Waals surface area (Å²) >= 11 is 1.59. The Labute approximate surface area is 172 Å². The fraction of sp³-hybridized carbons (Fsp3) is 0.391. The molecule has 0 aromatic heterocycles. The maximum atomic E-state index is 13.0. The van der Waals surface area contributed by atoms with E-state index in [1.807, 2.05) is 50.2 Å². The average Bonchev–Trinajstić information content (AvgIpc) is 2.70. The van der Waals surface area contributed by atoms with Crippen LogP contribution in [0.15, 0.2) is 48.5 Å². The van der Waals surface area contributed by atoms with E-state index in [0.717, 1.165) is 11.3 Å². The number of amides is 2. The van der Waals surface area contributed by atoms with E-state index in [4.69, 9.17) is 0 Å². The molecule has 2 aromatic carbocycles. The third-order valence-corrected chi connectivity index (χ3v) is 5.82. The first-order valence-corrected chi connectivity index (χ1v) is 10.8. The van der Waals surface area contributed by atoms with Crippen LogP contribution in [0.1, 0.15) is 35.6 Å². The number of likely N-dealkylation sites (N-methyl/N-ethyl adjacent to an activating group) is 1. The van der Waals surface area contributed by atoms with Crippen LogP contribution in [0.5, 0.6) is 0 Å². The molecule has 0 bridgehead atoms. The summed E-state index contributed by atoms with van der Waals surface area (Å²) in [6.45, 7) is 6.50. The van der Waals surface area contributed by atoms with E-state index in [2.05, 4.69) is 24.4 Å². The predicted molar refractivity (Wildman–Crippen MR) is 117 cm³/mol. The van der Waals surface area contributed by atoms with Crippen molar-refractivity contribution in [2.45, 2.75) is 45.5 Å². The lowest BCUT2D eigenvalue weighted by Gasteiger charge is -2.30. The summed E-state index contributed by atoms with van der Waals surface area (Å²) in [5.41, 5.74) is 4.68. The Morgan fingerprint density at radius 2 is 1.75 bits per heavy atom. The van der Waals surface area contributed by atoms with Gasteiger partial charge in [0.15, 0.2) is 0 Å². The molecule has 0 unspecified atom stereocenters. The Balaban J connectivity index is 2.10.